The second-order valence-electron chi connectivity index (χ2n) is 4.95. The van der Waals surface area contributed by atoms with Crippen LogP contribution in [0.15, 0.2) is 36.7 Å². The summed E-state index contributed by atoms with van der Waals surface area (Å²) in [6, 6.07) is 7.91. The number of hydrogen-bond donors (Lipinski definition) is 1. The zero-order valence-electron chi connectivity index (χ0n) is 10.9. The summed E-state index contributed by atoms with van der Waals surface area (Å²) in [5.74, 6) is -0.0406. The average molecular weight is 264 g/mol. The number of aromatic nitrogens is 3. The molecule has 0 fully saturated rings. The van der Waals surface area contributed by atoms with Crippen LogP contribution in [0.3, 0.4) is 0 Å². The first-order valence-corrected chi connectivity index (χ1v) is 6.42. The zero-order chi connectivity index (χ0) is 13.7. The van der Waals surface area contributed by atoms with Gasteiger partial charge in [-0.15, -0.1) is 0 Å². The van der Waals surface area contributed by atoms with Crippen molar-refractivity contribution in [1.82, 2.24) is 20.1 Å². The molecule has 5 heteroatoms. The third-order valence-electron chi connectivity index (χ3n) is 3.60. The molecule has 0 saturated heterocycles. The van der Waals surface area contributed by atoms with Crippen LogP contribution in [0.1, 0.15) is 16.1 Å². The molecular formula is C15H12N4O. The molecule has 0 radical (unpaired) electrons. The monoisotopic (exact) mass is 264 g/mol. The molecule has 1 N–H and O–H groups in total. The van der Waals surface area contributed by atoms with Crippen LogP contribution in [0.2, 0.25) is 0 Å². The van der Waals surface area contributed by atoms with Crippen molar-refractivity contribution >= 4 is 16.8 Å². The molecule has 1 aliphatic heterocycles. The highest BCUT2D eigenvalue weighted by molar-refractivity contribution is 6.03. The first-order valence-electron chi connectivity index (χ1n) is 6.42. The molecule has 0 unspecified atom stereocenters. The van der Waals surface area contributed by atoms with Gasteiger partial charge in [-0.2, -0.15) is 5.10 Å². The Hall–Kier alpha value is -2.69. The van der Waals surface area contributed by atoms with Gasteiger partial charge in [-0.3, -0.25) is 9.48 Å². The van der Waals surface area contributed by atoms with E-state index in [1.54, 1.807) is 4.68 Å². The fourth-order valence-electron chi connectivity index (χ4n) is 2.62. The number of carbonyl (C=O) groups is 1. The molecule has 2 aromatic heterocycles. The maximum absolute atomic E-state index is 11.7. The van der Waals surface area contributed by atoms with Gasteiger partial charge in [-0.05, 0) is 6.07 Å². The van der Waals surface area contributed by atoms with Crippen molar-refractivity contribution in [2.24, 2.45) is 7.05 Å². The SMILES string of the molecule is Cn1cc(-c2cccc3cc4c(nc23)CNC4=O)cn1. The number of para-hydroxylation sites is 1. The molecule has 0 aliphatic carbocycles. The highest BCUT2D eigenvalue weighted by Gasteiger charge is 2.21. The first kappa shape index (κ1) is 11.2. The zero-order valence-corrected chi connectivity index (χ0v) is 10.9. The van der Waals surface area contributed by atoms with E-state index < -0.39 is 0 Å². The van der Waals surface area contributed by atoms with Gasteiger partial charge in [0.05, 0.1) is 29.5 Å². The Morgan fingerprint density at radius 2 is 2.20 bits per heavy atom. The molecule has 1 amide bonds. The van der Waals surface area contributed by atoms with E-state index in [0.29, 0.717) is 12.1 Å². The maximum Gasteiger partial charge on any atom is 0.253 e. The molecule has 3 heterocycles. The first-order chi connectivity index (χ1) is 9.72. The largest absolute Gasteiger partial charge is 0.346 e. The molecule has 98 valence electrons. The van der Waals surface area contributed by atoms with Gasteiger partial charge >= 0.3 is 0 Å². The number of nitrogens with one attached hydrogen (secondary N) is 1. The lowest BCUT2D eigenvalue weighted by Crippen LogP contribution is -2.12. The average Bonchev–Trinajstić information content (AvgIpc) is 3.03. The van der Waals surface area contributed by atoms with Crippen molar-refractivity contribution in [3.63, 3.8) is 0 Å². The smallest absolute Gasteiger partial charge is 0.253 e. The van der Waals surface area contributed by atoms with Gasteiger partial charge in [-0.1, -0.05) is 18.2 Å². The minimum atomic E-state index is -0.0406. The molecule has 0 bridgehead atoms. The number of hydrogen-bond acceptors (Lipinski definition) is 3. The van der Waals surface area contributed by atoms with Crippen molar-refractivity contribution in [1.29, 1.82) is 0 Å². The molecule has 0 atom stereocenters. The van der Waals surface area contributed by atoms with E-state index in [-0.39, 0.29) is 5.91 Å². The van der Waals surface area contributed by atoms with E-state index >= 15 is 0 Å². The standard InChI is InChI=1S/C15H12N4O/c1-19-8-10(6-17-19)11-4-2-3-9-5-12-13(18-14(9)11)7-16-15(12)20/h2-6,8H,7H2,1H3,(H,16,20). The molecule has 1 aromatic carbocycles. The Morgan fingerprint density at radius 3 is 3.00 bits per heavy atom. The van der Waals surface area contributed by atoms with Crippen LogP contribution < -0.4 is 5.32 Å². The topological polar surface area (TPSA) is 59.8 Å². The van der Waals surface area contributed by atoms with E-state index in [1.807, 2.05) is 43.7 Å². The van der Waals surface area contributed by atoms with Crippen LogP contribution in [-0.2, 0) is 13.6 Å². The summed E-state index contributed by atoms with van der Waals surface area (Å²) in [4.78, 5) is 16.4. The lowest BCUT2D eigenvalue weighted by atomic mass is 10.0. The number of pyridine rings is 1. The summed E-state index contributed by atoms with van der Waals surface area (Å²) >= 11 is 0. The number of rotatable bonds is 1. The number of nitrogens with zero attached hydrogens (tertiary/aromatic N) is 3. The molecule has 0 saturated carbocycles. The van der Waals surface area contributed by atoms with Crippen LogP contribution in [0.5, 0.6) is 0 Å². The summed E-state index contributed by atoms with van der Waals surface area (Å²) in [7, 11) is 1.89. The Bertz CT molecular complexity index is 850. The Morgan fingerprint density at radius 1 is 1.30 bits per heavy atom. The van der Waals surface area contributed by atoms with Crippen molar-refractivity contribution in [3.8, 4) is 11.1 Å². The Labute approximate surface area is 115 Å². The van der Waals surface area contributed by atoms with Gasteiger partial charge < -0.3 is 5.32 Å². The van der Waals surface area contributed by atoms with E-state index in [1.165, 1.54) is 0 Å². The van der Waals surface area contributed by atoms with Crippen LogP contribution in [0, 0.1) is 0 Å². The van der Waals surface area contributed by atoms with Gasteiger partial charge in [0.25, 0.3) is 5.91 Å². The summed E-state index contributed by atoms with van der Waals surface area (Å²) < 4.78 is 1.77. The van der Waals surface area contributed by atoms with Gasteiger partial charge in [0.2, 0.25) is 0 Å². The van der Waals surface area contributed by atoms with Crippen molar-refractivity contribution in [2.75, 3.05) is 0 Å². The van der Waals surface area contributed by atoms with Gasteiger partial charge in [0.15, 0.2) is 0 Å². The fraction of sp³-hybridized carbons (Fsp3) is 0.133. The summed E-state index contributed by atoms with van der Waals surface area (Å²) in [5, 5.41) is 7.99. The number of amides is 1. The molecule has 0 spiro atoms. The van der Waals surface area contributed by atoms with Crippen molar-refractivity contribution in [3.05, 3.63) is 47.9 Å². The fourth-order valence-corrected chi connectivity index (χ4v) is 2.62. The van der Waals surface area contributed by atoms with Crippen molar-refractivity contribution < 1.29 is 4.79 Å². The van der Waals surface area contributed by atoms with E-state index in [4.69, 9.17) is 0 Å². The molecule has 3 aromatic rings. The second-order valence-corrected chi connectivity index (χ2v) is 4.95. The van der Waals surface area contributed by atoms with Gasteiger partial charge in [-0.25, -0.2) is 4.98 Å². The van der Waals surface area contributed by atoms with Crippen LogP contribution in [-0.4, -0.2) is 20.7 Å². The summed E-state index contributed by atoms with van der Waals surface area (Å²) in [6.07, 6.45) is 3.79. The maximum atomic E-state index is 11.7. The third-order valence-corrected chi connectivity index (χ3v) is 3.60. The highest BCUT2D eigenvalue weighted by Crippen LogP contribution is 2.29. The summed E-state index contributed by atoms with van der Waals surface area (Å²) in [5.41, 5.74) is 4.48. The van der Waals surface area contributed by atoms with Crippen LogP contribution in [0.25, 0.3) is 22.0 Å². The molecular weight excluding hydrogens is 252 g/mol. The number of fused-ring (bicyclic) bond motifs is 2. The lowest BCUT2D eigenvalue weighted by Gasteiger charge is -2.05. The summed E-state index contributed by atoms with van der Waals surface area (Å²) in [6.45, 7) is 0.505. The van der Waals surface area contributed by atoms with Crippen LogP contribution in [0.4, 0.5) is 0 Å². The van der Waals surface area contributed by atoms with E-state index in [0.717, 1.165) is 27.7 Å². The number of benzene rings is 1. The lowest BCUT2D eigenvalue weighted by molar-refractivity contribution is 0.0966. The molecule has 20 heavy (non-hydrogen) atoms. The molecule has 4 rings (SSSR count). The quantitative estimate of drug-likeness (QED) is 0.730. The third kappa shape index (κ3) is 1.53. The minimum Gasteiger partial charge on any atom is -0.346 e. The Kier molecular flexibility index (Phi) is 2.18. The van der Waals surface area contributed by atoms with E-state index in [9.17, 15) is 4.79 Å². The Balaban J connectivity index is 2.01. The van der Waals surface area contributed by atoms with Crippen molar-refractivity contribution in [2.45, 2.75) is 6.54 Å². The second kappa shape index (κ2) is 3.90. The predicted molar refractivity (Wildman–Crippen MR) is 75.1 cm³/mol. The molecule has 5 nitrogen and oxygen atoms in total. The predicted octanol–water partition coefficient (Wildman–Crippen LogP) is 1.88. The molecule has 1 aliphatic rings. The van der Waals surface area contributed by atoms with Gasteiger partial charge in [0.1, 0.15) is 0 Å². The highest BCUT2D eigenvalue weighted by atomic mass is 16.1. The van der Waals surface area contributed by atoms with E-state index in [2.05, 4.69) is 15.4 Å². The normalized spacial score (nSPS) is 13.6. The van der Waals surface area contributed by atoms with Crippen LogP contribution >= 0.6 is 0 Å². The number of carbonyl (C=O) groups excluding carboxylic acids is 1. The number of aryl methyl sites for hydroxylation is 1. The minimum absolute atomic E-state index is 0.0406. The van der Waals surface area contributed by atoms with Gasteiger partial charge in [0, 0.05) is 29.8 Å².